The quantitative estimate of drug-likeness (QED) is 0.667. The van der Waals surface area contributed by atoms with Crippen molar-refractivity contribution < 1.29 is 4.74 Å². The highest BCUT2D eigenvalue weighted by atomic mass is 16.5. The fraction of sp³-hybridized carbons (Fsp3) is 0.440. The number of likely N-dealkylation sites (tertiary alicyclic amines) is 1. The summed E-state index contributed by atoms with van der Waals surface area (Å²) in [6.45, 7) is 5.07. The Hall–Kier alpha value is -2.90. The summed E-state index contributed by atoms with van der Waals surface area (Å²) in [4.78, 5) is 27.4. The Morgan fingerprint density at radius 1 is 1.00 bits per heavy atom. The molecule has 1 fully saturated rings. The minimum absolute atomic E-state index is 0.0134. The molecule has 2 aromatic heterocycles. The first kappa shape index (κ1) is 19.8. The Kier molecular flexibility index (Phi) is 4.88. The number of hydrogen-bond donors (Lipinski definition) is 1. The lowest BCUT2D eigenvalue weighted by molar-refractivity contribution is 0.171. The van der Waals surface area contributed by atoms with E-state index in [-0.39, 0.29) is 17.2 Å². The maximum Gasteiger partial charge on any atom is 0.252 e. The van der Waals surface area contributed by atoms with Crippen molar-refractivity contribution in [1.29, 1.82) is 0 Å². The zero-order valence-electron chi connectivity index (χ0n) is 18.1. The van der Waals surface area contributed by atoms with Crippen LogP contribution in [-0.2, 0) is 19.5 Å². The molecule has 0 spiro atoms. The molecule has 0 bridgehead atoms. The van der Waals surface area contributed by atoms with Crippen LogP contribution in [0.1, 0.15) is 30.0 Å². The molecule has 32 heavy (non-hydrogen) atoms. The third kappa shape index (κ3) is 3.45. The van der Waals surface area contributed by atoms with Crippen molar-refractivity contribution >= 4 is 11.0 Å². The fourth-order valence-electron chi connectivity index (χ4n) is 5.52. The molecule has 0 saturated carbocycles. The molecule has 0 amide bonds. The summed E-state index contributed by atoms with van der Waals surface area (Å²) >= 11 is 0. The highest BCUT2D eigenvalue weighted by Gasteiger charge is 2.29. The standard InChI is InChI=1S/C25H28N4O3/c30-23-5-2-18-3-6-24(31)29-21(16-28(23)25(18)29)15-27-10-7-20(8-11-27)26-14-17-1-4-22-19(13-17)9-12-32-22/h1-6,13,20-21,26H,7-12,14-16H2. The molecule has 7 heteroatoms. The molecule has 0 radical (unpaired) electrons. The van der Waals surface area contributed by atoms with Crippen LogP contribution in [-0.4, -0.2) is 46.3 Å². The number of hydrogen-bond acceptors (Lipinski definition) is 5. The van der Waals surface area contributed by atoms with E-state index in [2.05, 4.69) is 28.4 Å². The monoisotopic (exact) mass is 432 g/mol. The van der Waals surface area contributed by atoms with Gasteiger partial charge in [0.2, 0.25) is 0 Å². The van der Waals surface area contributed by atoms with Gasteiger partial charge in [-0.15, -0.1) is 0 Å². The number of aromatic nitrogens is 2. The molecule has 1 N–H and O–H groups in total. The van der Waals surface area contributed by atoms with Crippen LogP contribution in [0.5, 0.6) is 5.75 Å². The van der Waals surface area contributed by atoms with Gasteiger partial charge in [-0.1, -0.05) is 12.1 Å². The van der Waals surface area contributed by atoms with E-state index in [1.165, 1.54) is 11.1 Å². The summed E-state index contributed by atoms with van der Waals surface area (Å²) in [7, 11) is 0. The van der Waals surface area contributed by atoms with Gasteiger partial charge in [0, 0.05) is 49.6 Å². The van der Waals surface area contributed by atoms with Crippen molar-refractivity contribution in [3.63, 3.8) is 0 Å². The van der Waals surface area contributed by atoms with Crippen LogP contribution in [0.3, 0.4) is 0 Å². The average molecular weight is 433 g/mol. The van der Waals surface area contributed by atoms with Gasteiger partial charge >= 0.3 is 0 Å². The number of rotatable bonds is 5. The van der Waals surface area contributed by atoms with Crippen molar-refractivity contribution in [2.75, 3.05) is 26.2 Å². The lowest BCUT2D eigenvalue weighted by Crippen LogP contribution is -2.44. The predicted octanol–water partition coefficient (Wildman–Crippen LogP) is 1.91. The zero-order valence-corrected chi connectivity index (χ0v) is 18.1. The van der Waals surface area contributed by atoms with Crippen LogP contribution in [0.15, 0.2) is 52.1 Å². The van der Waals surface area contributed by atoms with E-state index < -0.39 is 0 Å². The Morgan fingerprint density at radius 3 is 2.66 bits per heavy atom. The molecule has 1 aromatic carbocycles. The van der Waals surface area contributed by atoms with E-state index in [1.54, 1.807) is 16.7 Å². The first-order valence-corrected chi connectivity index (χ1v) is 11.6. The van der Waals surface area contributed by atoms with E-state index >= 15 is 0 Å². The number of ether oxygens (including phenoxy) is 1. The average Bonchev–Trinajstić information content (AvgIpc) is 3.43. The smallest absolute Gasteiger partial charge is 0.252 e. The van der Waals surface area contributed by atoms with Crippen LogP contribution >= 0.6 is 0 Å². The molecular weight excluding hydrogens is 404 g/mol. The molecule has 1 atom stereocenters. The molecule has 3 aromatic rings. The highest BCUT2D eigenvalue weighted by molar-refractivity contribution is 5.76. The molecule has 166 valence electrons. The van der Waals surface area contributed by atoms with Gasteiger partial charge in [0.05, 0.1) is 12.6 Å². The summed E-state index contributed by atoms with van der Waals surface area (Å²) in [6, 6.07) is 13.9. The number of benzene rings is 1. The topological polar surface area (TPSA) is 68.5 Å². The minimum atomic E-state index is -0.0274. The molecule has 1 unspecified atom stereocenters. The Labute approximate surface area is 186 Å². The third-order valence-corrected chi connectivity index (χ3v) is 7.22. The van der Waals surface area contributed by atoms with Gasteiger partial charge in [0.25, 0.3) is 11.1 Å². The number of nitrogens with zero attached hydrogens (tertiary/aromatic N) is 3. The predicted molar refractivity (Wildman–Crippen MR) is 123 cm³/mol. The number of piperidine rings is 1. The van der Waals surface area contributed by atoms with Crippen molar-refractivity contribution in [2.45, 2.75) is 44.4 Å². The lowest BCUT2D eigenvalue weighted by atomic mass is 10.0. The SMILES string of the molecule is O=c1ccc2ccc(=O)n3c2n1CC3CN1CCC(NCc2ccc3c(c2)CCO3)CC1. The summed E-state index contributed by atoms with van der Waals surface area (Å²) in [5, 5.41) is 4.67. The second-order valence-corrected chi connectivity index (χ2v) is 9.25. The van der Waals surface area contributed by atoms with Gasteiger partial charge in [0.15, 0.2) is 0 Å². The van der Waals surface area contributed by atoms with Gasteiger partial charge in [-0.2, -0.15) is 0 Å². The minimum Gasteiger partial charge on any atom is -0.493 e. The van der Waals surface area contributed by atoms with Crippen LogP contribution in [0, 0.1) is 0 Å². The highest BCUT2D eigenvalue weighted by Crippen LogP contribution is 2.27. The fourth-order valence-corrected chi connectivity index (χ4v) is 5.52. The van der Waals surface area contributed by atoms with Gasteiger partial charge in [-0.25, -0.2) is 0 Å². The first-order chi connectivity index (χ1) is 15.7. The zero-order chi connectivity index (χ0) is 21.7. The second kappa shape index (κ2) is 7.90. The largest absolute Gasteiger partial charge is 0.493 e. The second-order valence-electron chi connectivity index (χ2n) is 9.25. The number of fused-ring (bicyclic) bond motifs is 1. The molecule has 7 nitrogen and oxygen atoms in total. The van der Waals surface area contributed by atoms with Crippen molar-refractivity contribution in [2.24, 2.45) is 0 Å². The van der Waals surface area contributed by atoms with E-state index in [0.29, 0.717) is 12.6 Å². The van der Waals surface area contributed by atoms with Gasteiger partial charge in [0.1, 0.15) is 11.4 Å². The molecule has 5 heterocycles. The molecular formula is C25H28N4O3. The summed E-state index contributed by atoms with van der Waals surface area (Å²) in [5.41, 5.74) is 3.36. The van der Waals surface area contributed by atoms with Crippen LogP contribution in [0.25, 0.3) is 11.0 Å². The van der Waals surface area contributed by atoms with Gasteiger partial charge in [-0.3, -0.25) is 18.7 Å². The lowest BCUT2D eigenvalue weighted by Gasteiger charge is -2.34. The molecule has 3 aliphatic rings. The maximum absolute atomic E-state index is 12.6. The van der Waals surface area contributed by atoms with Crippen LogP contribution in [0.2, 0.25) is 0 Å². The van der Waals surface area contributed by atoms with Crippen molar-refractivity contribution in [3.8, 4) is 5.75 Å². The summed E-state index contributed by atoms with van der Waals surface area (Å²) < 4.78 is 9.19. The molecule has 1 saturated heterocycles. The van der Waals surface area contributed by atoms with E-state index in [1.807, 2.05) is 16.7 Å². The van der Waals surface area contributed by atoms with E-state index in [0.717, 1.165) is 68.8 Å². The Bertz CT molecular complexity index is 1280. The van der Waals surface area contributed by atoms with Crippen molar-refractivity contribution in [1.82, 2.24) is 19.4 Å². The van der Waals surface area contributed by atoms with Crippen molar-refractivity contribution in [3.05, 3.63) is 74.3 Å². The van der Waals surface area contributed by atoms with E-state index in [4.69, 9.17) is 4.74 Å². The van der Waals surface area contributed by atoms with Gasteiger partial charge < -0.3 is 15.0 Å². The summed E-state index contributed by atoms with van der Waals surface area (Å²) in [5.74, 6) is 1.04. The number of nitrogens with one attached hydrogen (secondary N) is 1. The molecule has 0 aliphatic carbocycles. The summed E-state index contributed by atoms with van der Waals surface area (Å²) in [6.07, 6.45) is 3.19. The Balaban J connectivity index is 1.07. The van der Waals surface area contributed by atoms with Crippen LogP contribution < -0.4 is 21.2 Å². The van der Waals surface area contributed by atoms with E-state index in [9.17, 15) is 9.59 Å². The third-order valence-electron chi connectivity index (χ3n) is 7.22. The Morgan fingerprint density at radius 2 is 1.81 bits per heavy atom. The normalized spacial score (nSPS) is 20.6. The molecule has 3 aliphatic heterocycles. The van der Waals surface area contributed by atoms with Crippen LogP contribution in [0.4, 0.5) is 0 Å². The first-order valence-electron chi connectivity index (χ1n) is 11.6. The molecule has 6 rings (SSSR count). The number of pyridine rings is 2. The maximum atomic E-state index is 12.6. The van der Waals surface area contributed by atoms with Gasteiger partial charge in [-0.05, 0) is 55.3 Å².